The summed E-state index contributed by atoms with van der Waals surface area (Å²) >= 11 is 0. The second-order valence-electron chi connectivity index (χ2n) is 28.8. The van der Waals surface area contributed by atoms with Gasteiger partial charge in [-0.15, -0.1) is 0 Å². The maximum Gasteiger partial charge on any atom is 0.472 e. The van der Waals surface area contributed by atoms with Gasteiger partial charge in [0.2, 0.25) is 0 Å². The van der Waals surface area contributed by atoms with Gasteiger partial charge in [0.25, 0.3) is 0 Å². The van der Waals surface area contributed by atoms with Gasteiger partial charge in [0.15, 0.2) is 12.2 Å². The number of carbonyl (C=O) groups is 4. The third-order valence-electron chi connectivity index (χ3n) is 18.3. The number of rotatable bonds is 73. The summed E-state index contributed by atoms with van der Waals surface area (Å²) in [6, 6.07) is 0. The number of aliphatic hydroxyl groups excluding tert-OH is 1. The molecule has 0 aromatic heterocycles. The zero-order valence-corrected chi connectivity index (χ0v) is 64.1. The Hall–Kier alpha value is -1.94. The zero-order valence-electron chi connectivity index (χ0n) is 62.3. The van der Waals surface area contributed by atoms with Crippen molar-refractivity contribution < 1.29 is 80.2 Å². The highest BCUT2D eigenvalue weighted by Crippen LogP contribution is 2.45. The van der Waals surface area contributed by atoms with Gasteiger partial charge in [-0.25, -0.2) is 9.13 Å². The smallest absolute Gasteiger partial charge is 0.462 e. The Labute approximate surface area is 581 Å². The molecule has 4 unspecified atom stereocenters. The van der Waals surface area contributed by atoms with Crippen LogP contribution in [-0.2, 0) is 65.4 Å². The molecule has 0 spiro atoms. The second kappa shape index (κ2) is 65.4. The fourth-order valence-corrected chi connectivity index (χ4v) is 13.1. The molecule has 95 heavy (non-hydrogen) atoms. The molecular formula is C76H148O17P2. The van der Waals surface area contributed by atoms with Gasteiger partial charge < -0.3 is 33.8 Å². The van der Waals surface area contributed by atoms with E-state index in [2.05, 4.69) is 55.4 Å². The van der Waals surface area contributed by atoms with Gasteiger partial charge in [-0.1, -0.05) is 331 Å². The lowest BCUT2D eigenvalue weighted by Gasteiger charge is -2.21. The molecule has 0 fully saturated rings. The first-order valence-corrected chi connectivity index (χ1v) is 42.3. The third kappa shape index (κ3) is 67.6. The maximum atomic E-state index is 13.1. The van der Waals surface area contributed by atoms with Crippen molar-refractivity contribution in [2.45, 2.75) is 401 Å². The number of unbranched alkanes of at least 4 members (excludes halogenated alkanes) is 37. The predicted molar refractivity (Wildman–Crippen MR) is 386 cm³/mol. The number of hydrogen-bond donors (Lipinski definition) is 3. The molecule has 0 bridgehead atoms. The van der Waals surface area contributed by atoms with E-state index in [0.29, 0.717) is 31.6 Å². The molecule has 0 aromatic rings. The minimum Gasteiger partial charge on any atom is -0.462 e. The number of aliphatic hydroxyl groups is 1. The van der Waals surface area contributed by atoms with E-state index < -0.39 is 97.5 Å². The third-order valence-corrected chi connectivity index (χ3v) is 20.2. The molecule has 0 aliphatic carbocycles. The number of carbonyl (C=O) groups excluding carboxylic acids is 4. The number of phosphoric acid groups is 2. The highest BCUT2D eigenvalue weighted by atomic mass is 31.2. The first-order valence-electron chi connectivity index (χ1n) is 39.3. The van der Waals surface area contributed by atoms with Crippen LogP contribution in [0, 0.1) is 23.7 Å². The summed E-state index contributed by atoms with van der Waals surface area (Å²) < 4.78 is 68.4. The highest BCUT2D eigenvalue weighted by Gasteiger charge is 2.30. The summed E-state index contributed by atoms with van der Waals surface area (Å²) in [5, 5.41) is 10.6. The molecule has 0 aliphatic rings. The summed E-state index contributed by atoms with van der Waals surface area (Å²) in [5.41, 5.74) is 0. The Kier molecular flexibility index (Phi) is 64.0. The van der Waals surface area contributed by atoms with Crippen LogP contribution in [0.5, 0.6) is 0 Å². The Bertz CT molecular complexity index is 1870. The number of esters is 4. The molecule has 17 nitrogen and oxygen atoms in total. The summed E-state index contributed by atoms with van der Waals surface area (Å²) in [7, 11) is -9.91. The van der Waals surface area contributed by atoms with Crippen LogP contribution in [0.4, 0.5) is 0 Å². The van der Waals surface area contributed by atoms with Gasteiger partial charge in [-0.2, -0.15) is 0 Å². The lowest BCUT2D eigenvalue weighted by molar-refractivity contribution is -0.161. The lowest BCUT2D eigenvalue weighted by Crippen LogP contribution is -2.30. The molecule has 0 aliphatic heterocycles. The van der Waals surface area contributed by atoms with Gasteiger partial charge in [0.05, 0.1) is 26.4 Å². The SMILES string of the molecule is CCC(C)CCCCCCCCCCCCCCCCC(=O)O[C@H](COC(=O)CCCCCCCCC(C)CC)COP(=O)(O)OC[C@H](O)COP(=O)(O)OC[C@@H](COC(=O)CCCCCCCCCCCCCCCCCC(C)C)OC(=O)CCCCCCCCC(C)C. The topological polar surface area (TPSA) is 237 Å². The Morgan fingerprint density at radius 1 is 0.295 bits per heavy atom. The van der Waals surface area contributed by atoms with Gasteiger partial charge >= 0.3 is 39.5 Å². The molecule has 0 saturated heterocycles. The summed E-state index contributed by atoms with van der Waals surface area (Å²) in [4.78, 5) is 72.7. The van der Waals surface area contributed by atoms with Crippen molar-refractivity contribution in [1.29, 1.82) is 0 Å². The minimum atomic E-state index is -4.96. The Morgan fingerprint density at radius 3 is 0.747 bits per heavy atom. The summed E-state index contributed by atoms with van der Waals surface area (Å²) in [5.74, 6) is 0.926. The average molecular weight is 1400 g/mol. The van der Waals surface area contributed by atoms with Gasteiger partial charge in [0.1, 0.15) is 19.3 Å². The minimum absolute atomic E-state index is 0.102. The van der Waals surface area contributed by atoms with E-state index in [1.54, 1.807) is 0 Å². The predicted octanol–water partition coefficient (Wildman–Crippen LogP) is 22.0. The van der Waals surface area contributed by atoms with E-state index in [1.165, 1.54) is 180 Å². The van der Waals surface area contributed by atoms with Crippen LogP contribution in [0.2, 0.25) is 0 Å². The van der Waals surface area contributed by atoms with Crippen LogP contribution in [0.1, 0.15) is 383 Å². The van der Waals surface area contributed by atoms with Gasteiger partial charge in [0, 0.05) is 25.7 Å². The van der Waals surface area contributed by atoms with Crippen molar-refractivity contribution in [3.8, 4) is 0 Å². The fraction of sp³-hybridized carbons (Fsp3) is 0.947. The van der Waals surface area contributed by atoms with Crippen LogP contribution in [0.15, 0.2) is 0 Å². The van der Waals surface area contributed by atoms with Crippen LogP contribution < -0.4 is 0 Å². The van der Waals surface area contributed by atoms with Crippen LogP contribution in [-0.4, -0.2) is 96.7 Å². The van der Waals surface area contributed by atoms with E-state index in [1.807, 2.05) is 0 Å². The summed E-state index contributed by atoms with van der Waals surface area (Å²) in [6.45, 7) is 14.1. The van der Waals surface area contributed by atoms with Crippen molar-refractivity contribution in [3.63, 3.8) is 0 Å². The molecule has 564 valence electrons. The van der Waals surface area contributed by atoms with Crippen LogP contribution >= 0.6 is 15.6 Å². The number of ether oxygens (including phenoxy) is 4. The van der Waals surface area contributed by atoms with Gasteiger partial charge in [-0.3, -0.25) is 37.3 Å². The van der Waals surface area contributed by atoms with Crippen LogP contribution in [0.3, 0.4) is 0 Å². The molecule has 19 heteroatoms. The van der Waals surface area contributed by atoms with Crippen LogP contribution in [0.25, 0.3) is 0 Å². The average Bonchev–Trinajstić information content (AvgIpc) is 1.58. The molecule has 0 saturated carbocycles. The van der Waals surface area contributed by atoms with Crippen molar-refractivity contribution in [1.82, 2.24) is 0 Å². The molecule has 7 atom stereocenters. The number of hydrogen-bond acceptors (Lipinski definition) is 15. The zero-order chi connectivity index (χ0) is 70.3. The fourth-order valence-electron chi connectivity index (χ4n) is 11.5. The standard InChI is InChI=1S/C76H148O17P2/c1-9-68(7)54-46-38-29-25-21-17-14-15-19-23-27-31-42-50-58-75(80)92-71(63-87-74(79)57-49-41-35-33-39-47-55-69(8)10-2)64-90-94(82,83)88-60-70(77)61-89-95(84,85)91-65-72(93-76(81)59-51-43-34-32-37-45-53-67(5)6)62-86-73(78)56-48-40-30-26-22-18-13-11-12-16-20-24-28-36-44-52-66(3)4/h66-72,77H,9-65H2,1-8H3,(H,82,83)(H,84,85)/t68?,69?,70-,71+,72+/m0/s1. The van der Waals surface area contributed by atoms with Crippen molar-refractivity contribution in [3.05, 3.63) is 0 Å². The Morgan fingerprint density at radius 2 is 0.505 bits per heavy atom. The Balaban J connectivity index is 5.16. The largest absolute Gasteiger partial charge is 0.472 e. The molecule has 0 rings (SSSR count). The van der Waals surface area contributed by atoms with Crippen molar-refractivity contribution in [2.75, 3.05) is 39.6 Å². The monoisotopic (exact) mass is 1400 g/mol. The second-order valence-corrected chi connectivity index (χ2v) is 31.7. The van der Waals surface area contributed by atoms with Crippen molar-refractivity contribution in [2.24, 2.45) is 23.7 Å². The number of phosphoric ester groups is 2. The van der Waals surface area contributed by atoms with E-state index in [0.717, 1.165) is 114 Å². The molecule has 0 radical (unpaired) electrons. The quantitative estimate of drug-likeness (QED) is 0.0222. The maximum absolute atomic E-state index is 13.1. The lowest BCUT2D eigenvalue weighted by atomic mass is 9.99. The first-order chi connectivity index (χ1) is 45.7. The molecule has 0 amide bonds. The first kappa shape index (κ1) is 93.1. The molecule has 3 N–H and O–H groups in total. The highest BCUT2D eigenvalue weighted by molar-refractivity contribution is 7.47. The normalized spacial score (nSPS) is 14.7. The van der Waals surface area contributed by atoms with E-state index >= 15 is 0 Å². The van der Waals surface area contributed by atoms with Crippen molar-refractivity contribution >= 4 is 39.5 Å². The summed E-state index contributed by atoms with van der Waals surface area (Å²) in [6.07, 6.45) is 50.2. The molecule has 0 heterocycles. The van der Waals surface area contributed by atoms with E-state index in [9.17, 15) is 43.2 Å². The molecule has 0 aromatic carbocycles. The molecular weight excluding hydrogens is 1250 g/mol. The van der Waals surface area contributed by atoms with Gasteiger partial charge in [-0.05, 0) is 49.4 Å². The van der Waals surface area contributed by atoms with E-state index in [-0.39, 0.29) is 25.7 Å². The van der Waals surface area contributed by atoms with E-state index in [4.69, 9.17) is 37.0 Å².